The Morgan fingerprint density at radius 1 is 1.18 bits per heavy atom. The van der Waals surface area contributed by atoms with E-state index in [1.807, 2.05) is 31.2 Å². The lowest BCUT2D eigenvalue weighted by molar-refractivity contribution is 0.306. The Bertz CT molecular complexity index is 511. The number of ether oxygens (including phenoxy) is 1. The fourth-order valence-corrected chi connectivity index (χ4v) is 1.78. The first-order valence-electron chi connectivity index (χ1n) is 5.14. The maximum atomic E-state index is 6.06. The fraction of sp³-hybridized carbons (Fsp3) is 0.154. The molecule has 2 rings (SSSR count). The molecule has 0 atom stereocenters. The zero-order valence-electron chi connectivity index (χ0n) is 9.28. The molecule has 0 radical (unpaired) electrons. The molecule has 0 unspecified atom stereocenters. The van der Waals surface area contributed by atoms with Crippen molar-refractivity contribution < 1.29 is 4.74 Å². The van der Waals surface area contributed by atoms with Crippen LogP contribution in [0.5, 0.6) is 5.75 Å². The van der Waals surface area contributed by atoms with Gasteiger partial charge in [0.05, 0.1) is 5.02 Å². The number of pyridine rings is 1. The number of benzene rings is 1. The van der Waals surface area contributed by atoms with Crippen LogP contribution in [0, 0.1) is 6.92 Å². The Hall–Kier alpha value is -1.25. The topological polar surface area (TPSA) is 22.1 Å². The van der Waals surface area contributed by atoms with Crippen LogP contribution in [0.25, 0.3) is 0 Å². The zero-order chi connectivity index (χ0) is 12.3. The summed E-state index contributed by atoms with van der Waals surface area (Å²) in [5.41, 5.74) is 2.06. The van der Waals surface area contributed by atoms with Gasteiger partial charge in [-0.2, -0.15) is 0 Å². The highest BCUT2D eigenvalue weighted by Crippen LogP contribution is 2.25. The van der Waals surface area contributed by atoms with Crippen LogP contribution in [-0.2, 0) is 6.61 Å². The van der Waals surface area contributed by atoms with Crippen molar-refractivity contribution in [2.45, 2.75) is 13.5 Å². The van der Waals surface area contributed by atoms with Gasteiger partial charge in [-0.05, 0) is 30.7 Å². The third-order valence-corrected chi connectivity index (χ3v) is 2.79. The van der Waals surface area contributed by atoms with E-state index in [0.29, 0.717) is 22.5 Å². The first-order chi connectivity index (χ1) is 8.15. The molecule has 2 nitrogen and oxygen atoms in total. The van der Waals surface area contributed by atoms with E-state index in [1.165, 1.54) is 0 Å². The van der Waals surface area contributed by atoms with E-state index in [9.17, 15) is 0 Å². The largest absolute Gasteiger partial charge is 0.487 e. The Labute approximate surface area is 110 Å². The molecule has 0 aliphatic rings. The van der Waals surface area contributed by atoms with E-state index < -0.39 is 0 Å². The molecule has 0 spiro atoms. The summed E-state index contributed by atoms with van der Waals surface area (Å²) in [6, 6.07) is 9.30. The molecule has 1 aromatic carbocycles. The second kappa shape index (κ2) is 5.39. The number of aromatic nitrogens is 1. The van der Waals surface area contributed by atoms with Crippen LogP contribution in [0.1, 0.15) is 11.1 Å². The Kier molecular flexibility index (Phi) is 3.87. The van der Waals surface area contributed by atoms with Gasteiger partial charge in [-0.25, -0.2) is 4.98 Å². The molecular formula is C13H11Cl2NO. The van der Waals surface area contributed by atoms with Gasteiger partial charge < -0.3 is 4.74 Å². The minimum Gasteiger partial charge on any atom is -0.487 e. The van der Waals surface area contributed by atoms with Crippen molar-refractivity contribution in [3.8, 4) is 5.75 Å². The van der Waals surface area contributed by atoms with Crippen molar-refractivity contribution in [2.75, 3.05) is 0 Å². The molecular weight excluding hydrogens is 257 g/mol. The summed E-state index contributed by atoms with van der Waals surface area (Å²) < 4.78 is 5.60. The number of hydrogen-bond donors (Lipinski definition) is 0. The van der Waals surface area contributed by atoms with Crippen LogP contribution >= 0.6 is 23.2 Å². The SMILES string of the molecule is Cc1ccc(OCc2ccc(Cl)nc2)c(Cl)c1. The third kappa shape index (κ3) is 3.35. The van der Waals surface area contributed by atoms with Crippen molar-refractivity contribution >= 4 is 23.2 Å². The Balaban J connectivity index is 2.04. The van der Waals surface area contributed by atoms with E-state index in [4.69, 9.17) is 27.9 Å². The molecule has 4 heteroatoms. The maximum Gasteiger partial charge on any atom is 0.138 e. The molecule has 2 aromatic rings. The second-order valence-electron chi connectivity index (χ2n) is 3.71. The van der Waals surface area contributed by atoms with Crippen LogP contribution in [0.4, 0.5) is 0 Å². The summed E-state index contributed by atoms with van der Waals surface area (Å²) in [6.07, 6.45) is 1.68. The summed E-state index contributed by atoms with van der Waals surface area (Å²) in [5.74, 6) is 0.673. The van der Waals surface area contributed by atoms with Gasteiger partial charge in [-0.3, -0.25) is 0 Å². The minimum absolute atomic E-state index is 0.424. The third-order valence-electron chi connectivity index (χ3n) is 2.27. The van der Waals surface area contributed by atoms with E-state index >= 15 is 0 Å². The van der Waals surface area contributed by atoms with Gasteiger partial charge in [0.25, 0.3) is 0 Å². The smallest absolute Gasteiger partial charge is 0.138 e. The summed E-state index contributed by atoms with van der Waals surface area (Å²) in [5, 5.41) is 1.09. The molecule has 17 heavy (non-hydrogen) atoms. The highest BCUT2D eigenvalue weighted by Gasteiger charge is 2.02. The van der Waals surface area contributed by atoms with E-state index in [-0.39, 0.29) is 0 Å². The van der Waals surface area contributed by atoms with Gasteiger partial charge in [-0.15, -0.1) is 0 Å². The van der Waals surface area contributed by atoms with Crippen molar-refractivity contribution in [3.05, 3.63) is 57.8 Å². The molecule has 0 saturated carbocycles. The van der Waals surface area contributed by atoms with Crippen LogP contribution < -0.4 is 4.74 Å². The van der Waals surface area contributed by atoms with Gasteiger partial charge in [0.15, 0.2) is 0 Å². The normalized spacial score (nSPS) is 10.3. The Morgan fingerprint density at radius 2 is 2.00 bits per heavy atom. The number of hydrogen-bond acceptors (Lipinski definition) is 2. The van der Waals surface area contributed by atoms with Crippen LogP contribution in [0.3, 0.4) is 0 Å². The molecule has 0 fully saturated rings. The summed E-state index contributed by atoms with van der Waals surface area (Å²) >= 11 is 11.8. The van der Waals surface area contributed by atoms with Gasteiger partial charge in [0.1, 0.15) is 17.5 Å². The monoisotopic (exact) mass is 267 g/mol. The predicted octanol–water partition coefficient (Wildman–Crippen LogP) is 4.28. The van der Waals surface area contributed by atoms with Crippen LogP contribution in [0.2, 0.25) is 10.2 Å². The predicted molar refractivity (Wildman–Crippen MR) is 69.8 cm³/mol. The van der Waals surface area contributed by atoms with E-state index in [0.717, 1.165) is 11.1 Å². The van der Waals surface area contributed by atoms with Crippen molar-refractivity contribution in [1.29, 1.82) is 0 Å². The summed E-state index contributed by atoms with van der Waals surface area (Å²) in [6.45, 7) is 2.41. The molecule has 0 aliphatic carbocycles. The maximum absolute atomic E-state index is 6.06. The lowest BCUT2D eigenvalue weighted by atomic mass is 10.2. The van der Waals surface area contributed by atoms with Gasteiger partial charge in [0.2, 0.25) is 0 Å². The van der Waals surface area contributed by atoms with Crippen molar-refractivity contribution in [3.63, 3.8) is 0 Å². The first-order valence-corrected chi connectivity index (χ1v) is 5.90. The van der Waals surface area contributed by atoms with E-state index in [1.54, 1.807) is 12.3 Å². The van der Waals surface area contributed by atoms with Gasteiger partial charge in [-0.1, -0.05) is 35.3 Å². The van der Waals surface area contributed by atoms with Crippen molar-refractivity contribution in [1.82, 2.24) is 4.98 Å². The second-order valence-corrected chi connectivity index (χ2v) is 4.51. The standard InChI is InChI=1S/C13H11Cl2NO/c1-9-2-4-12(11(14)6-9)17-8-10-3-5-13(15)16-7-10/h2-7H,8H2,1H3. The molecule has 0 N–H and O–H groups in total. The molecule has 0 bridgehead atoms. The molecule has 1 aromatic heterocycles. The van der Waals surface area contributed by atoms with Crippen molar-refractivity contribution in [2.24, 2.45) is 0 Å². The van der Waals surface area contributed by atoms with Crippen LogP contribution in [-0.4, -0.2) is 4.98 Å². The lowest BCUT2D eigenvalue weighted by Gasteiger charge is -2.08. The molecule has 88 valence electrons. The lowest BCUT2D eigenvalue weighted by Crippen LogP contribution is -1.96. The quantitative estimate of drug-likeness (QED) is 0.775. The van der Waals surface area contributed by atoms with E-state index in [2.05, 4.69) is 4.98 Å². The molecule has 1 heterocycles. The number of halogens is 2. The minimum atomic E-state index is 0.424. The molecule has 0 aliphatic heterocycles. The fourth-order valence-electron chi connectivity index (χ4n) is 1.38. The summed E-state index contributed by atoms with van der Waals surface area (Å²) in [7, 11) is 0. The number of aryl methyl sites for hydroxylation is 1. The zero-order valence-corrected chi connectivity index (χ0v) is 10.8. The van der Waals surface area contributed by atoms with Gasteiger partial charge in [0, 0.05) is 11.8 Å². The average Bonchev–Trinajstić information content (AvgIpc) is 2.30. The number of nitrogens with zero attached hydrogens (tertiary/aromatic N) is 1. The van der Waals surface area contributed by atoms with Gasteiger partial charge >= 0.3 is 0 Å². The first kappa shape index (κ1) is 12.2. The number of rotatable bonds is 3. The summed E-state index contributed by atoms with van der Waals surface area (Å²) in [4.78, 5) is 3.98. The highest BCUT2D eigenvalue weighted by atomic mass is 35.5. The Morgan fingerprint density at radius 3 is 2.65 bits per heavy atom. The molecule has 0 amide bonds. The van der Waals surface area contributed by atoms with Crippen LogP contribution in [0.15, 0.2) is 36.5 Å². The average molecular weight is 268 g/mol. The highest BCUT2D eigenvalue weighted by molar-refractivity contribution is 6.32. The molecule has 0 saturated heterocycles.